The number of rotatable bonds is 3. The molecule has 7 heteroatoms. The third-order valence-corrected chi connectivity index (χ3v) is 3.99. The van der Waals surface area contributed by atoms with Gasteiger partial charge in [-0.2, -0.15) is 5.10 Å². The molecule has 2 aromatic rings. The van der Waals surface area contributed by atoms with E-state index in [-0.39, 0.29) is 11.4 Å². The van der Waals surface area contributed by atoms with Crippen LogP contribution in [0.5, 0.6) is 0 Å². The molecule has 0 aliphatic carbocycles. The lowest BCUT2D eigenvalue weighted by molar-refractivity contribution is 0.627. The molecule has 20 heavy (non-hydrogen) atoms. The largest absolute Gasteiger partial charge is 0.368 e. The van der Waals surface area contributed by atoms with E-state index >= 15 is 0 Å². The first-order valence-corrected chi connectivity index (χ1v) is 6.94. The van der Waals surface area contributed by atoms with Crippen molar-refractivity contribution < 1.29 is 4.39 Å². The van der Waals surface area contributed by atoms with Gasteiger partial charge in [0, 0.05) is 25.7 Å². The number of aromatic nitrogens is 2. The molecule has 0 amide bonds. The molecule has 0 fully saturated rings. The van der Waals surface area contributed by atoms with Crippen molar-refractivity contribution in [1.82, 2.24) is 9.78 Å². The van der Waals surface area contributed by atoms with Gasteiger partial charge >= 0.3 is 0 Å². The highest BCUT2D eigenvalue weighted by atomic mass is 79.9. The Hall–Kier alpha value is -1.40. The quantitative estimate of drug-likeness (QED) is 0.844. The average Bonchev–Trinajstić information content (AvgIpc) is 2.39. The molecule has 0 spiro atoms. The van der Waals surface area contributed by atoms with Gasteiger partial charge in [-0.05, 0) is 33.6 Å². The molecule has 0 N–H and O–H groups in total. The number of aryl methyl sites for hydroxylation is 1. The van der Waals surface area contributed by atoms with E-state index in [0.29, 0.717) is 21.7 Å². The van der Waals surface area contributed by atoms with Gasteiger partial charge in [-0.3, -0.25) is 4.79 Å². The van der Waals surface area contributed by atoms with Crippen LogP contribution in [0.25, 0.3) is 0 Å². The Morgan fingerprint density at radius 3 is 2.85 bits per heavy atom. The first kappa shape index (κ1) is 15.0. The van der Waals surface area contributed by atoms with Crippen LogP contribution in [0.4, 0.5) is 10.1 Å². The average molecular weight is 361 g/mol. The van der Waals surface area contributed by atoms with Crippen molar-refractivity contribution >= 4 is 33.2 Å². The number of halogens is 3. The van der Waals surface area contributed by atoms with Crippen molar-refractivity contribution in [2.75, 3.05) is 11.9 Å². The molecule has 0 saturated carbocycles. The van der Waals surface area contributed by atoms with E-state index in [1.165, 1.54) is 16.8 Å². The number of benzene rings is 1. The predicted octanol–water partition coefficient (Wildman–Crippen LogP) is 2.97. The smallest absolute Gasteiger partial charge is 0.282 e. The molecule has 0 unspecified atom stereocenters. The minimum absolute atomic E-state index is 0.223. The van der Waals surface area contributed by atoms with E-state index in [9.17, 15) is 9.18 Å². The lowest BCUT2D eigenvalue weighted by atomic mass is 10.2. The first-order chi connectivity index (χ1) is 9.40. The molecule has 0 atom stereocenters. The number of anilines is 1. The summed E-state index contributed by atoms with van der Waals surface area (Å²) in [6, 6.07) is 4.24. The van der Waals surface area contributed by atoms with Crippen LogP contribution in [-0.2, 0) is 13.6 Å². The Labute approximate surface area is 128 Å². The molecule has 1 heterocycles. The topological polar surface area (TPSA) is 38.1 Å². The van der Waals surface area contributed by atoms with Gasteiger partial charge in [0.05, 0.1) is 11.9 Å². The zero-order valence-corrected chi connectivity index (χ0v) is 13.2. The molecule has 0 saturated heterocycles. The van der Waals surface area contributed by atoms with Gasteiger partial charge in [-0.25, -0.2) is 9.07 Å². The van der Waals surface area contributed by atoms with Crippen LogP contribution < -0.4 is 10.5 Å². The Kier molecular flexibility index (Phi) is 4.45. The number of hydrogen-bond donors (Lipinski definition) is 0. The highest BCUT2D eigenvalue weighted by molar-refractivity contribution is 9.10. The van der Waals surface area contributed by atoms with Crippen LogP contribution in [0.3, 0.4) is 0 Å². The molecule has 0 radical (unpaired) electrons. The van der Waals surface area contributed by atoms with E-state index < -0.39 is 0 Å². The lowest BCUT2D eigenvalue weighted by Gasteiger charge is -2.21. The van der Waals surface area contributed by atoms with Gasteiger partial charge in [0.1, 0.15) is 10.3 Å². The van der Waals surface area contributed by atoms with Crippen LogP contribution in [0.15, 0.2) is 33.7 Å². The maximum Gasteiger partial charge on any atom is 0.282 e. The van der Waals surface area contributed by atoms with Gasteiger partial charge in [0.2, 0.25) is 0 Å². The summed E-state index contributed by atoms with van der Waals surface area (Å²) in [5, 5.41) is 4.33. The molecule has 0 bridgehead atoms. The van der Waals surface area contributed by atoms with E-state index in [4.69, 9.17) is 11.6 Å². The Morgan fingerprint density at radius 2 is 2.20 bits per heavy atom. The van der Waals surface area contributed by atoms with E-state index in [1.807, 2.05) is 4.90 Å². The van der Waals surface area contributed by atoms with Crippen LogP contribution in [0.2, 0.25) is 5.02 Å². The second kappa shape index (κ2) is 5.93. The molecule has 4 nitrogen and oxygen atoms in total. The van der Waals surface area contributed by atoms with Crippen molar-refractivity contribution in [2.45, 2.75) is 6.54 Å². The molecular weight excluding hydrogens is 349 g/mol. The Bertz CT molecular complexity index is 705. The Morgan fingerprint density at radius 1 is 1.50 bits per heavy atom. The fourth-order valence-electron chi connectivity index (χ4n) is 1.76. The summed E-state index contributed by atoms with van der Waals surface area (Å²) in [7, 11) is 3.38. The highest BCUT2D eigenvalue weighted by Crippen LogP contribution is 2.24. The fourth-order valence-corrected chi connectivity index (χ4v) is 2.65. The maximum atomic E-state index is 13.0. The van der Waals surface area contributed by atoms with Gasteiger partial charge in [0.15, 0.2) is 0 Å². The van der Waals surface area contributed by atoms with Gasteiger partial charge in [-0.15, -0.1) is 0 Å². The van der Waals surface area contributed by atoms with Gasteiger partial charge < -0.3 is 4.90 Å². The van der Waals surface area contributed by atoms with Crippen molar-refractivity contribution in [3.8, 4) is 0 Å². The van der Waals surface area contributed by atoms with Crippen molar-refractivity contribution in [2.24, 2.45) is 7.05 Å². The highest BCUT2D eigenvalue weighted by Gasteiger charge is 2.13. The minimum atomic E-state index is -0.377. The van der Waals surface area contributed by atoms with E-state index in [1.54, 1.807) is 26.4 Å². The van der Waals surface area contributed by atoms with Crippen LogP contribution in [-0.4, -0.2) is 16.8 Å². The van der Waals surface area contributed by atoms with Gasteiger partial charge in [0.25, 0.3) is 5.56 Å². The molecule has 106 valence electrons. The lowest BCUT2D eigenvalue weighted by Crippen LogP contribution is -2.25. The normalized spacial score (nSPS) is 10.7. The molecule has 1 aromatic heterocycles. The first-order valence-electron chi connectivity index (χ1n) is 5.77. The van der Waals surface area contributed by atoms with Crippen LogP contribution in [0, 0.1) is 5.82 Å². The van der Waals surface area contributed by atoms with Gasteiger partial charge in [-0.1, -0.05) is 17.7 Å². The maximum absolute atomic E-state index is 13.0. The zero-order valence-electron chi connectivity index (χ0n) is 10.9. The summed E-state index contributed by atoms with van der Waals surface area (Å²) in [6.45, 7) is 0.437. The van der Waals surface area contributed by atoms with Crippen molar-refractivity contribution in [3.05, 3.63) is 55.6 Å². The molecule has 0 aliphatic heterocycles. The van der Waals surface area contributed by atoms with Crippen molar-refractivity contribution in [3.63, 3.8) is 0 Å². The summed E-state index contributed by atoms with van der Waals surface area (Å²) in [6.07, 6.45) is 1.59. The second-order valence-corrected chi connectivity index (χ2v) is 5.56. The minimum Gasteiger partial charge on any atom is -0.368 e. The monoisotopic (exact) mass is 359 g/mol. The molecule has 1 aromatic carbocycles. The van der Waals surface area contributed by atoms with Crippen LogP contribution >= 0.6 is 27.5 Å². The third kappa shape index (κ3) is 3.02. The zero-order chi connectivity index (χ0) is 14.9. The summed E-state index contributed by atoms with van der Waals surface area (Å²) in [4.78, 5) is 13.6. The number of hydrogen-bond acceptors (Lipinski definition) is 3. The summed E-state index contributed by atoms with van der Waals surface area (Å²) < 4.78 is 14.7. The van der Waals surface area contributed by atoms with E-state index in [2.05, 4.69) is 21.0 Å². The summed E-state index contributed by atoms with van der Waals surface area (Å²) >= 11 is 9.26. The number of nitrogens with zero attached hydrogens (tertiary/aromatic N) is 3. The molecule has 0 aliphatic rings. The second-order valence-electron chi connectivity index (χ2n) is 4.36. The molecular formula is C13H12BrClFN3O. The van der Waals surface area contributed by atoms with E-state index in [0.717, 1.165) is 5.56 Å². The van der Waals surface area contributed by atoms with Crippen LogP contribution in [0.1, 0.15) is 5.56 Å². The third-order valence-electron chi connectivity index (χ3n) is 2.89. The SMILES string of the molecule is CN(Cc1ccc(F)cc1Cl)c1cnn(C)c(=O)c1Br. The fraction of sp³-hybridized carbons (Fsp3) is 0.231. The molecule has 2 rings (SSSR count). The summed E-state index contributed by atoms with van der Waals surface area (Å²) in [5.41, 5.74) is 1.19. The van der Waals surface area contributed by atoms with Crippen molar-refractivity contribution in [1.29, 1.82) is 0 Å². The Balaban J connectivity index is 2.31. The summed E-state index contributed by atoms with van der Waals surface area (Å²) in [5.74, 6) is -0.377. The predicted molar refractivity (Wildman–Crippen MR) is 80.7 cm³/mol. The standard InChI is InChI=1S/C13H12BrClFN3O/c1-18(7-8-3-4-9(16)5-10(8)15)11-6-17-19(2)13(20)12(11)14/h3-6H,7H2,1-2H3.